The number of benzene rings is 1. The van der Waals surface area contributed by atoms with E-state index in [0.29, 0.717) is 12.4 Å². The molecule has 1 N–H and O–H groups in total. The number of aromatic nitrogens is 2. The van der Waals surface area contributed by atoms with Crippen molar-refractivity contribution in [2.24, 2.45) is 7.05 Å². The summed E-state index contributed by atoms with van der Waals surface area (Å²) in [5, 5.41) is 3.95. The summed E-state index contributed by atoms with van der Waals surface area (Å²) in [5.74, 6) is 0.712. The van der Waals surface area contributed by atoms with Gasteiger partial charge < -0.3 is 4.74 Å². The lowest BCUT2D eigenvalue weighted by atomic mass is 10.1. The molecule has 1 saturated carbocycles. The summed E-state index contributed by atoms with van der Waals surface area (Å²) in [5.41, 5.74) is 2.03. The van der Waals surface area contributed by atoms with Gasteiger partial charge in [0.2, 0.25) is 10.0 Å². The fourth-order valence-electron chi connectivity index (χ4n) is 2.35. The minimum Gasteiger partial charge on any atom is -0.492 e. The second-order valence-corrected chi connectivity index (χ2v) is 8.00. The minimum atomic E-state index is -3.18. The molecule has 1 unspecified atom stereocenters. The summed E-state index contributed by atoms with van der Waals surface area (Å²) in [6.07, 6.45) is 5.25. The standard InChI is InChI=1S/C16H21N3O3S/c1-12(18-23(20,21)16-6-7-16)11-22-15-5-3-4-13(8-15)14-9-17-19(2)10-14/h3-5,8-10,12,16,18H,6-7,11H2,1-2H3. The third-order valence-electron chi connectivity index (χ3n) is 3.70. The van der Waals surface area contributed by atoms with E-state index in [-0.39, 0.29) is 11.3 Å². The first kappa shape index (κ1) is 16.0. The smallest absolute Gasteiger partial charge is 0.214 e. The van der Waals surface area contributed by atoms with E-state index in [1.54, 1.807) is 10.9 Å². The number of sulfonamides is 1. The van der Waals surface area contributed by atoms with Crippen LogP contribution in [0.1, 0.15) is 19.8 Å². The van der Waals surface area contributed by atoms with Crippen molar-refractivity contribution in [1.82, 2.24) is 14.5 Å². The van der Waals surface area contributed by atoms with Gasteiger partial charge in [0, 0.05) is 18.8 Å². The molecular formula is C16H21N3O3S. The first-order valence-corrected chi connectivity index (χ1v) is 9.22. The van der Waals surface area contributed by atoms with Crippen LogP contribution in [0.5, 0.6) is 5.75 Å². The Hall–Kier alpha value is -1.86. The molecule has 1 heterocycles. The maximum absolute atomic E-state index is 11.9. The van der Waals surface area contributed by atoms with E-state index in [1.165, 1.54) is 0 Å². The number of ether oxygens (including phenoxy) is 1. The first-order chi connectivity index (χ1) is 10.9. The van der Waals surface area contributed by atoms with Gasteiger partial charge in [0.1, 0.15) is 12.4 Å². The van der Waals surface area contributed by atoms with Crippen LogP contribution in [0, 0.1) is 0 Å². The van der Waals surface area contributed by atoms with Crippen LogP contribution in [0.3, 0.4) is 0 Å². The SMILES string of the molecule is CC(COc1cccc(-c2cnn(C)c2)c1)NS(=O)(=O)C1CC1. The zero-order valence-electron chi connectivity index (χ0n) is 13.3. The maximum atomic E-state index is 11.9. The third kappa shape index (κ3) is 4.11. The fourth-order valence-corrected chi connectivity index (χ4v) is 3.92. The second kappa shape index (κ2) is 6.33. The lowest BCUT2D eigenvalue weighted by molar-refractivity contribution is 0.287. The van der Waals surface area contributed by atoms with Gasteiger partial charge >= 0.3 is 0 Å². The van der Waals surface area contributed by atoms with Crippen LogP contribution in [0.4, 0.5) is 0 Å². The lowest BCUT2D eigenvalue weighted by Gasteiger charge is -2.15. The van der Waals surface area contributed by atoms with Crippen molar-refractivity contribution in [2.45, 2.75) is 31.1 Å². The zero-order valence-corrected chi connectivity index (χ0v) is 14.1. The Bertz CT molecular complexity index is 781. The summed E-state index contributed by atoms with van der Waals surface area (Å²) in [6.45, 7) is 2.10. The quantitative estimate of drug-likeness (QED) is 0.839. The van der Waals surface area contributed by atoms with Gasteiger partial charge in [0.15, 0.2) is 0 Å². The monoisotopic (exact) mass is 335 g/mol. The summed E-state index contributed by atoms with van der Waals surface area (Å²) in [7, 11) is -1.31. The van der Waals surface area contributed by atoms with E-state index >= 15 is 0 Å². The first-order valence-electron chi connectivity index (χ1n) is 7.67. The third-order valence-corrected chi connectivity index (χ3v) is 5.78. The van der Waals surface area contributed by atoms with Gasteiger partial charge in [-0.2, -0.15) is 5.10 Å². The molecule has 1 fully saturated rings. The molecule has 3 rings (SSSR count). The summed E-state index contributed by atoms with van der Waals surface area (Å²) in [6, 6.07) is 7.43. The molecule has 6 nitrogen and oxygen atoms in total. The van der Waals surface area contributed by atoms with E-state index in [4.69, 9.17) is 4.74 Å². The van der Waals surface area contributed by atoms with Gasteiger partial charge in [-0.1, -0.05) is 12.1 Å². The number of rotatable bonds is 7. The zero-order chi connectivity index (χ0) is 16.4. The maximum Gasteiger partial charge on any atom is 0.214 e. The van der Waals surface area contributed by atoms with E-state index in [2.05, 4.69) is 9.82 Å². The molecule has 0 spiro atoms. The predicted octanol–water partition coefficient (Wildman–Crippen LogP) is 1.94. The fraction of sp³-hybridized carbons (Fsp3) is 0.438. The molecule has 23 heavy (non-hydrogen) atoms. The van der Waals surface area contributed by atoms with E-state index in [9.17, 15) is 8.42 Å². The molecule has 1 aliphatic carbocycles. The van der Waals surface area contributed by atoms with Crippen molar-refractivity contribution in [3.63, 3.8) is 0 Å². The highest BCUT2D eigenvalue weighted by molar-refractivity contribution is 7.90. The van der Waals surface area contributed by atoms with Crippen LogP contribution in [0.25, 0.3) is 11.1 Å². The molecular weight excluding hydrogens is 314 g/mol. The Morgan fingerprint density at radius 2 is 2.17 bits per heavy atom. The molecule has 0 aliphatic heterocycles. The number of aryl methyl sites for hydroxylation is 1. The van der Waals surface area contributed by atoms with Crippen LogP contribution in [0.15, 0.2) is 36.7 Å². The molecule has 124 valence electrons. The minimum absolute atomic E-state index is 0.209. The molecule has 1 aliphatic rings. The normalized spacial score (nSPS) is 16.3. The van der Waals surface area contributed by atoms with Crippen LogP contribution in [-0.4, -0.2) is 36.1 Å². The van der Waals surface area contributed by atoms with E-state index in [0.717, 1.165) is 24.0 Å². The molecule has 1 atom stereocenters. The van der Waals surface area contributed by atoms with Gasteiger partial charge in [-0.25, -0.2) is 13.1 Å². The Balaban J connectivity index is 1.60. The van der Waals surface area contributed by atoms with Crippen molar-refractivity contribution in [3.8, 4) is 16.9 Å². The summed E-state index contributed by atoms with van der Waals surface area (Å²) >= 11 is 0. The Kier molecular flexibility index (Phi) is 4.41. The van der Waals surface area contributed by atoms with Crippen molar-refractivity contribution in [2.75, 3.05) is 6.61 Å². The molecule has 0 saturated heterocycles. The van der Waals surface area contributed by atoms with Crippen molar-refractivity contribution in [3.05, 3.63) is 36.7 Å². The number of nitrogens with zero attached hydrogens (tertiary/aromatic N) is 2. The average Bonchev–Trinajstić information content (AvgIpc) is 3.28. The van der Waals surface area contributed by atoms with Crippen LogP contribution in [-0.2, 0) is 17.1 Å². The lowest BCUT2D eigenvalue weighted by Crippen LogP contribution is -2.38. The second-order valence-electron chi connectivity index (χ2n) is 6.00. The largest absolute Gasteiger partial charge is 0.492 e. The Labute approximate surface area is 136 Å². The molecule has 2 aromatic rings. The van der Waals surface area contributed by atoms with Crippen molar-refractivity contribution >= 4 is 10.0 Å². The molecule has 7 heteroatoms. The Morgan fingerprint density at radius 1 is 1.39 bits per heavy atom. The van der Waals surface area contributed by atoms with Gasteiger partial charge in [-0.15, -0.1) is 0 Å². The van der Waals surface area contributed by atoms with Crippen molar-refractivity contribution < 1.29 is 13.2 Å². The highest BCUT2D eigenvalue weighted by Crippen LogP contribution is 2.27. The van der Waals surface area contributed by atoms with E-state index < -0.39 is 10.0 Å². The van der Waals surface area contributed by atoms with Gasteiger partial charge in [0.25, 0.3) is 0 Å². The van der Waals surface area contributed by atoms with Crippen LogP contribution < -0.4 is 9.46 Å². The number of hydrogen-bond donors (Lipinski definition) is 1. The highest BCUT2D eigenvalue weighted by atomic mass is 32.2. The molecule has 0 amide bonds. The molecule has 1 aromatic heterocycles. The van der Waals surface area contributed by atoms with Crippen LogP contribution >= 0.6 is 0 Å². The van der Waals surface area contributed by atoms with Gasteiger partial charge in [-0.3, -0.25) is 4.68 Å². The van der Waals surface area contributed by atoms with Crippen LogP contribution in [0.2, 0.25) is 0 Å². The average molecular weight is 335 g/mol. The molecule has 1 aromatic carbocycles. The number of hydrogen-bond acceptors (Lipinski definition) is 4. The summed E-state index contributed by atoms with van der Waals surface area (Å²) in [4.78, 5) is 0. The molecule has 0 bridgehead atoms. The van der Waals surface area contributed by atoms with Crippen molar-refractivity contribution in [1.29, 1.82) is 0 Å². The topological polar surface area (TPSA) is 73.2 Å². The van der Waals surface area contributed by atoms with Gasteiger partial charge in [-0.05, 0) is 37.5 Å². The number of nitrogens with one attached hydrogen (secondary N) is 1. The predicted molar refractivity (Wildman–Crippen MR) is 88.7 cm³/mol. The van der Waals surface area contributed by atoms with Gasteiger partial charge in [0.05, 0.1) is 17.5 Å². The Morgan fingerprint density at radius 3 is 2.83 bits per heavy atom. The van der Waals surface area contributed by atoms with E-state index in [1.807, 2.05) is 44.4 Å². The summed E-state index contributed by atoms with van der Waals surface area (Å²) < 4.78 is 33.9. The highest BCUT2D eigenvalue weighted by Gasteiger charge is 2.36. The molecule has 0 radical (unpaired) electrons.